The van der Waals surface area contributed by atoms with Crippen LogP contribution in [0.3, 0.4) is 0 Å². The third-order valence-electron chi connectivity index (χ3n) is 5.33. The number of benzene rings is 1. The lowest BCUT2D eigenvalue weighted by molar-refractivity contribution is 0.00578. The van der Waals surface area contributed by atoms with E-state index in [0.29, 0.717) is 35.5 Å². The molecule has 1 aliphatic rings. The van der Waals surface area contributed by atoms with Crippen LogP contribution < -0.4 is 15.9 Å². The Labute approximate surface area is 167 Å². The third-order valence-corrected chi connectivity index (χ3v) is 5.33. The molecule has 0 spiro atoms. The Hall–Kier alpha value is -1.90. The van der Waals surface area contributed by atoms with Gasteiger partial charge in [-0.25, -0.2) is 4.39 Å². The first kappa shape index (κ1) is 22.4. The normalized spacial score (nSPS) is 19.2. The Balaban J connectivity index is 2.43. The zero-order valence-corrected chi connectivity index (χ0v) is 17.8. The van der Waals surface area contributed by atoms with Crippen molar-refractivity contribution in [3.05, 3.63) is 29.7 Å². The predicted octanol–water partition coefficient (Wildman–Crippen LogP) is 2.54. The monoisotopic (exact) mass is 392 g/mol. The maximum Gasteiger partial charge on any atom is 0.498 e. The topological polar surface area (TPSA) is 75.3 Å². The summed E-state index contributed by atoms with van der Waals surface area (Å²) in [6.45, 7) is 10.5. The largest absolute Gasteiger partial charge is 0.498 e. The summed E-state index contributed by atoms with van der Waals surface area (Å²) in [6.07, 6.45) is 1.35. The van der Waals surface area contributed by atoms with Crippen molar-refractivity contribution in [1.29, 1.82) is 0 Å². The summed E-state index contributed by atoms with van der Waals surface area (Å²) in [6, 6.07) is 3.39. The molecule has 0 radical (unpaired) electrons. The number of methoxy groups -OCH3 is 2. The van der Waals surface area contributed by atoms with Crippen LogP contribution in [0.1, 0.15) is 40.2 Å². The first-order valence-electron chi connectivity index (χ1n) is 9.24. The van der Waals surface area contributed by atoms with E-state index in [4.69, 9.17) is 24.5 Å². The Morgan fingerprint density at radius 3 is 2.32 bits per heavy atom. The van der Waals surface area contributed by atoms with Gasteiger partial charge in [-0.1, -0.05) is 12.1 Å². The third kappa shape index (κ3) is 4.24. The first-order chi connectivity index (χ1) is 13.1. The van der Waals surface area contributed by atoms with E-state index in [1.165, 1.54) is 13.3 Å². The highest BCUT2D eigenvalue weighted by Gasteiger charge is 2.52. The first-order valence-corrected chi connectivity index (χ1v) is 9.24. The second kappa shape index (κ2) is 8.63. The van der Waals surface area contributed by atoms with Crippen molar-refractivity contribution in [3.8, 4) is 5.75 Å². The minimum absolute atomic E-state index is 0.0695. The van der Waals surface area contributed by atoms with Gasteiger partial charge in [-0.15, -0.1) is 0 Å². The van der Waals surface area contributed by atoms with E-state index in [-0.39, 0.29) is 5.75 Å². The molecule has 28 heavy (non-hydrogen) atoms. The van der Waals surface area contributed by atoms with E-state index >= 15 is 4.39 Å². The van der Waals surface area contributed by atoms with Gasteiger partial charge >= 0.3 is 7.12 Å². The quantitative estimate of drug-likeness (QED) is 0.439. The van der Waals surface area contributed by atoms with Crippen LogP contribution in [0.4, 0.5) is 4.39 Å². The van der Waals surface area contributed by atoms with Crippen LogP contribution in [0.25, 0.3) is 5.57 Å². The van der Waals surface area contributed by atoms with Gasteiger partial charge in [-0.3, -0.25) is 4.99 Å². The van der Waals surface area contributed by atoms with Crippen molar-refractivity contribution in [2.75, 3.05) is 27.4 Å². The summed E-state index contributed by atoms with van der Waals surface area (Å²) in [4.78, 5) is 4.38. The number of nitrogens with two attached hydrogens (primary N) is 1. The van der Waals surface area contributed by atoms with Crippen LogP contribution in [0.15, 0.2) is 23.3 Å². The highest BCUT2D eigenvalue weighted by Crippen LogP contribution is 2.38. The zero-order valence-electron chi connectivity index (χ0n) is 17.8. The zero-order chi connectivity index (χ0) is 21.1. The van der Waals surface area contributed by atoms with Gasteiger partial charge in [0.2, 0.25) is 0 Å². The number of halogens is 1. The second-order valence-corrected chi connectivity index (χ2v) is 7.68. The standard InChI is InChI=1S/C20H30BFN2O4/c1-13(24-10-11-25-6)15(12-23)14-8-9-16(18(26-7)17(14)22)21-27-19(2,3)20(4,5)28-21/h8-9,12H,10-11,23H2,1-7H3/b15-12+,24-13?. The van der Waals surface area contributed by atoms with E-state index in [2.05, 4.69) is 4.99 Å². The fourth-order valence-electron chi connectivity index (χ4n) is 2.94. The van der Waals surface area contributed by atoms with Crippen LogP contribution in [0, 0.1) is 5.82 Å². The molecule has 8 heteroatoms. The van der Waals surface area contributed by atoms with Crippen LogP contribution in [-0.2, 0) is 14.0 Å². The molecular formula is C20H30BFN2O4. The van der Waals surface area contributed by atoms with Gasteiger partial charge in [-0.2, -0.15) is 0 Å². The van der Waals surface area contributed by atoms with Crippen molar-refractivity contribution in [2.45, 2.75) is 45.8 Å². The maximum absolute atomic E-state index is 15.3. The van der Waals surface area contributed by atoms with Crippen molar-refractivity contribution >= 4 is 23.9 Å². The molecule has 154 valence electrons. The van der Waals surface area contributed by atoms with Crippen LogP contribution in [0.2, 0.25) is 0 Å². The van der Waals surface area contributed by atoms with Gasteiger partial charge in [0.05, 0.1) is 31.5 Å². The highest BCUT2D eigenvalue weighted by atomic mass is 19.1. The van der Waals surface area contributed by atoms with Crippen LogP contribution in [0.5, 0.6) is 5.75 Å². The van der Waals surface area contributed by atoms with Crippen LogP contribution in [-0.4, -0.2) is 51.4 Å². The summed E-state index contributed by atoms with van der Waals surface area (Å²) in [7, 11) is 2.29. The number of ether oxygens (including phenoxy) is 2. The molecule has 1 aromatic rings. The molecule has 1 fully saturated rings. The summed E-state index contributed by atoms with van der Waals surface area (Å²) < 4.78 is 37.8. The average Bonchev–Trinajstić information content (AvgIpc) is 2.84. The van der Waals surface area contributed by atoms with Gasteiger partial charge in [0, 0.05) is 35.6 Å². The van der Waals surface area contributed by atoms with Crippen molar-refractivity contribution in [3.63, 3.8) is 0 Å². The summed E-state index contributed by atoms with van der Waals surface area (Å²) in [5.41, 5.74) is 6.60. The molecule has 2 rings (SSSR count). The molecular weight excluding hydrogens is 362 g/mol. The SMILES string of the molecule is COCCN=C(C)/C(=C\N)c1ccc(B2OC(C)(C)C(C)(C)O2)c(OC)c1F. The van der Waals surface area contributed by atoms with E-state index in [0.717, 1.165) is 0 Å². The highest BCUT2D eigenvalue weighted by molar-refractivity contribution is 6.63. The molecule has 0 atom stereocenters. The molecule has 0 amide bonds. The van der Waals surface area contributed by atoms with Crippen LogP contribution >= 0.6 is 0 Å². The van der Waals surface area contributed by atoms with Gasteiger partial charge in [0.25, 0.3) is 0 Å². The smallest absolute Gasteiger partial charge is 0.494 e. The molecule has 0 unspecified atom stereocenters. The van der Waals surface area contributed by atoms with Crippen molar-refractivity contribution < 1.29 is 23.2 Å². The molecule has 1 aliphatic heterocycles. The molecule has 1 heterocycles. The molecule has 2 N–H and O–H groups in total. The number of allylic oxidation sites excluding steroid dienone is 1. The van der Waals surface area contributed by atoms with Crippen molar-refractivity contribution in [2.24, 2.45) is 10.7 Å². The fourth-order valence-corrected chi connectivity index (χ4v) is 2.94. The Kier molecular flexibility index (Phi) is 6.91. The second-order valence-electron chi connectivity index (χ2n) is 7.68. The van der Waals surface area contributed by atoms with E-state index < -0.39 is 24.1 Å². The molecule has 0 bridgehead atoms. The Morgan fingerprint density at radius 2 is 1.82 bits per heavy atom. The Morgan fingerprint density at radius 1 is 1.21 bits per heavy atom. The Bertz CT molecular complexity index is 762. The lowest BCUT2D eigenvalue weighted by atomic mass is 9.77. The number of rotatable bonds is 7. The van der Waals surface area contributed by atoms with E-state index in [1.54, 1.807) is 26.2 Å². The fraction of sp³-hybridized carbons (Fsp3) is 0.550. The number of aliphatic imine (C=N–C) groups is 1. The predicted molar refractivity (Wildman–Crippen MR) is 111 cm³/mol. The van der Waals surface area contributed by atoms with E-state index in [9.17, 15) is 0 Å². The number of hydrogen-bond acceptors (Lipinski definition) is 6. The molecule has 0 saturated carbocycles. The van der Waals surface area contributed by atoms with Gasteiger partial charge in [-0.05, 0) is 34.6 Å². The maximum atomic E-state index is 15.3. The summed E-state index contributed by atoms with van der Waals surface area (Å²) in [5, 5.41) is 0. The van der Waals surface area contributed by atoms with Gasteiger partial charge in [0.1, 0.15) is 0 Å². The van der Waals surface area contributed by atoms with E-state index in [1.807, 2.05) is 27.7 Å². The van der Waals surface area contributed by atoms with Gasteiger partial charge < -0.3 is 24.5 Å². The lowest BCUT2D eigenvalue weighted by Gasteiger charge is -2.32. The number of hydrogen-bond donors (Lipinski definition) is 1. The number of nitrogens with zero attached hydrogens (tertiary/aromatic N) is 1. The minimum Gasteiger partial charge on any atom is -0.494 e. The summed E-state index contributed by atoms with van der Waals surface area (Å²) >= 11 is 0. The van der Waals surface area contributed by atoms with Gasteiger partial charge in [0.15, 0.2) is 11.6 Å². The average molecular weight is 392 g/mol. The summed E-state index contributed by atoms with van der Waals surface area (Å²) in [5.74, 6) is -0.465. The minimum atomic E-state index is -0.731. The molecule has 1 aromatic carbocycles. The molecule has 6 nitrogen and oxygen atoms in total. The van der Waals surface area contributed by atoms with Crippen molar-refractivity contribution in [1.82, 2.24) is 0 Å². The lowest BCUT2D eigenvalue weighted by Crippen LogP contribution is -2.41. The molecule has 0 aliphatic carbocycles. The molecule has 0 aromatic heterocycles. The molecule has 1 saturated heterocycles.